The molecule has 0 aliphatic carbocycles. The van der Waals surface area contributed by atoms with Gasteiger partial charge in [0.1, 0.15) is 5.01 Å². The van der Waals surface area contributed by atoms with Gasteiger partial charge in [-0.15, -0.1) is 11.3 Å². The van der Waals surface area contributed by atoms with Gasteiger partial charge in [-0.3, -0.25) is 4.79 Å². The molecule has 2 aliphatic rings. The van der Waals surface area contributed by atoms with E-state index < -0.39 is 0 Å². The van der Waals surface area contributed by atoms with Crippen LogP contribution in [-0.4, -0.2) is 58.8 Å². The minimum absolute atomic E-state index is 0.133. The number of piperazine rings is 1. The average molecular weight is 419 g/mol. The Labute approximate surface area is 173 Å². The summed E-state index contributed by atoms with van der Waals surface area (Å²) in [5.41, 5.74) is 2.05. The number of benzene rings is 1. The van der Waals surface area contributed by atoms with E-state index in [1.54, 1.807) is 11.3 Å². The Morgan fingerprint density at radius 1 is 1.21 bits per heavy atom. The van der Waals surface area contributed by atoms with Crippen molar-refractivity contribution in [2.45, 2.75) is 19.9 Å². The zero-order valence-corrected chi connectivity index (χ0v) is 17.3. The molecule has 1 amide bonds. The van der Waals surface area contributed by atoms with Gasteiger partial charge in [-0.1, -0.05) is 6.07 Å². The molecule has 0 atom stereocenters. The summed E-state index contributed by atoms with van der Waals surface area (Å²) in [6.07, 6.45) is 0.380. The Morgan fingerprint density at radius 3 is 2.71 bits per heavy atom. The van der Waals surface area contributed by atoms with Crippen LogP contribution in [0.3, 0.4) is 0 Å². The summed E-state index contributed by atoms with van der Waals surface area (Å²) in [6, 6.07) is 5.88. The summed E-state index contributed by atoms with van der Waals surface area (Å²) in [5.74, 6) is 1.68. The number of amides is 1. The first-order chi connectivity index (χ1) is 13.6. The average Bonchev–Trinajstić information content (AvgIpc) is 3.34. The van der Waals surface area contributed by atoms with Gasteiger partial charge in [-0.05, 0) is 36.8 Å². The van der Waals surface area contributed by atoms with Gasteiger partial charge in [0.05, 0.1) is 6.42 Å². The van der Waals surface area contributed by atoms with Gasteiger partial charge in [-0.2, -0.15) is 0 Å². The fraction of sp³-hybridized carbons (Fsp3) is 0.421. The number of hydrogen-bond donors (Lipinski definition) is 1. The molecule has 3 heterocycles. The number of aromatic nitrogens is 1. The molecule has 2 aromatic rings. The van der Waals surface area contributed by atoms with Crippen LogP contribution in [0.1, 0.15) is 16.3 Å². The van der Waals surface area contributed by atoms with Crippen molar-refractivity contribution in [1.29, 1.82) is 0 Å². The SMILES string of the molecule is Cc1csc(CC(=O)N2CCN(C(=S)NCc3ccc4c(c3)OCO4)CC2)n1. The predicted molar refractivity (Wildman–Crippen MR) is 111 cm³/mol. The second kappa shape index (κ2) is 8.32. The summed E-state index contributed by atoms with van der Waals surface area (Å²) >= 11 is 7.07. The van der Waals surface area contributed by atoms with Crippen molar-refractivity contribution in [3.8, 4) is 11.5 Å². The highest BCUT2D eigenvalue weighted by Gasteiger charge is 2.23. The Balaban J connectivity index is 1.23. The highest BCUT2D eigenvalue weighted by atomic mass is 32.1. The highest BCUT2D eigenvalue weighted by Crippen LogP contribution is 2.32. The Morgan fingerprint density at radius 2 is 1.96 bits per heavy atom. The minimum Gasteiger partial charge on any atom is -0.454 e. The number of thiocarbonyl (C=S) groups is 1. The van der Waals surface area contributed by atoms with Crippen LogP contribution >= 0.6 is 23.6 Å². The lowest BCUT2D eigenvalue weighted by Gasteiger charge is -2.36. The van der Waals surface area contributed by atoms with Crippen molar-refractivity contribution in [3.63, 3.8) is 0 Å². The Kier molecular flexibility index (Phi) is 5.63. The third kappa shape index (κ3) is 4.36. The second-order valence-electron chi connectivity index (χ2n) is 6.77. The standard InChI is InChI=1S/C19H22N4O3S2/c1-13-11-28-17(21-13)9-18(24)22-4-6-23(7-5-22)19(27)20-10-14-2-3-15-16(8-14)26-12-25-15/h2-3,8,11H,4-7,9-10,12H2,1H3,(H,20,27). The molecule has 0 saturated carbocycles. The summed E-state index contributed by atoms with van der Waals surface area (Å²) in [7, 11) is 0. The van der Waals surface area contributed by atoms with E-state index in [0.29, 0.717) is 31.2 Å². The number of nitrogens with zero attached hydrogens (tertiary/aromatic N) is 3. The molecular formula is C19H22N4O3S2. The number of carbonyl (C=O) groups excluding carboxylic acids is 1. The molecule has 1 N–H and O–H groups in total. The van der Waals surface area contributed by atoms with E-state index in [4.69, 9.17) is 21.7 Å². The Bertz CT molecular complexity index is 878. The lowest BCUT2D eigenvalue weighted by molar-refractivity contribution is -0.131. The monoisotopic (exact) mass is 418 g/mol. The number of hydrogen-bond acceptors (Lipinski definition) is 6. The molecule has 1 fully saturated rings. The maximum absolute atomic E-state index is 12.5. The van der Waals surface area contributed by atoms with Gasteiger partial charge in [0, 0.05) is 43.8 Å². The van der Waals surface area contributed by atoms with Gasteiger partial charge < -0.3 is 24.6 Å². The number of carbonyl (C=O) groups is 1. The van der Waals surface area contributed by atoms with E-state index in [-0.39, 0.29) is 12.7 Å². The van der Waals surface area contributed by atoms with E-state index >= 15 is 0 Å². The van der Waals surface area contributed by atoms with Crippen molar-refractivity contribution >= 4 is 34.6 Å². The van der Waals surface area contributed by atoms with E-state index in [0.717, 1.165) is 40.9 Å². The van der Waals surface area contributed by atoms with E-state index in [1.807, 2.05) is 35.4 Å². The molecule has 0 unspecified atom stereocenters. The third-order valence-electron chi connectivity index (χ3n) is 4.77. The largest absolute Gasteiger partial charge is 0.454 e. The minimum atomic E-state index is 0.133. The lowest BCUT2D eigenvalue weighted by atomic mass is 10.2. The third-order valence-corrected chi connectivity index (χ3v) is 6.14. The van der Waals surface area contributed by atoms with E-state index in [2.05, 4.69) is 15.2 Å². The maximum Gasteiger partial charge on any atom is 0.231 e. The summed E-state index contributed by atoms with van der Waals surface area (Å²) in [6.45, 7) is 5.66. The maximum atomic E-state index is 12.5. The Hall–Kier alpha value is -2.39. The number of ether oxygens (including phenoxy) is 2. The van der Waals surface area contributed by atoms with Crippen molar-refractivity contribution in [1.82, 2.24) is 20.1 Å². The molecule has 1 aromatic heterocycles. The fourth-order valence-corrected chi connectivity index (χ4v) is 4.24. The van der Waals surface area contributed by atoms with E-state index in [1.165, 1.54) is 0 Å². The van der Waals surface area contributed by atoms with Crippen molar-refractivity contribution in [2.75, 3.05) is 33.0 Å². The number of aryl methyl sites for hydroxylation is 1. The van der Waals surface area contributed by atoms with Gasteiger partial charge in [-0.25, -0.2) is 4.98 Å². The first-order valence-electron chi connectivity index (χ1n) is 9.18. The smallest absolute Gasteiger partial charge is 0.231 e. The highest BCUT2D eigenvalue weighted by molar-refractivity contribution is 7.80. The van der Waals surface area contributed by atoms with Crippen LogP contribution in [-0.2, 0) is 17.8 Å². The summed E-state index contributed by atoms with van der Waals surface area (Å²) in [5, 5.41) is 6.86. The first-order valence-corrected chi connectivity index (χ1v) is 10.5. The molecule has 1 aromatic carbocycles. The van der Waals surface area contributed by atoms with Crippen molar-refractivity contribution < 1.29 is 14.3 Å². The molecule has 0 spiro atoms. The number of nitrogens with one attached hydrogen (secondary N) is 1. The number of fused-ring (bicyclic) bond motifs is 1. The van der Waals surface area contributed by atoms with Crippen LogP contribution in [0, 0.1) is 6.92 Å². The molecule has 4 rings (SSSR count). The summed E-state index contributed by atoms with van der Waals surface area (Å²) in [4.78, 5) is 20.8. The van der Waals surface area contributed by atoms with Crippen molar-refractivity contribution in [2.24, 2.45) is 0 Å². The van der Waals surface area contributed by atoms with Crippen LogP contribution in [0.25, 0.3) is 0 Å². The first kappa shape index (κ1) is 18.9. The lowest BCUT2D eigenvalue weighted by Crippen LogP contribution is -2.53. The van der Waals surface area contributed by atoms with Crippen molar-refractivity contribution in [3.05, 3.63) is 39.8 Å². The quantitative estimate of drug-likeness (QED) is 0.761. The van der Waals surface area contributed by atoms with Crippen LogP contribution < -0.4 is 14.8 Å². The molecule has 7 nitrogen and oxygen atoms in total. The molecule has 28 heavy (non-hydrogen) atoms. The fourth-order valence-electron chi connectivity index (χ4n) is 3.22. The molecule has 2 aliphatic heterocycles. The summed E-state index contributed by atoms with van der Waals surface area (Å²) < 4.78 is 10.7. The zero-order valence-electron chi connectivity index (χ0n) is 15.6. The van der Waals surface area contributed by atoms with Crippen LogP contribution in [0.5, 0.6) is 11.5 Å². The van der Waals surface area contributed by atoms with Gasteiger partial charge in [0.25, 0.3) is 0 Å². The zero-order chi connectivity index (χ0) is 19.5. The molecule has 9 heteroatoms. The molecular weight excluding hydrogens is 396 g/mol. The number of rotatable bonds is 4. The molecule has 0 radical (unpaired) electrons. The van der Waals surface area contributed by atoms with Gasteiger partial charge >= 0.3 is 0 Å². The van der Waals surface area contributed by atoms with Gasteiger partial charge in [0.2, 0.25) is 12.7 Å². The molecule has 0 bridgehead atoms. The van der Waals surface area contributed by atoms with Crippen LogP contribution in [0.4, 0.5) is 0 Å². The normalized spacial score (nSPS) is 15.6. The number of thiazole rings is 1. The van der Waals surface area contributed by atoms with E-state index in [9.17, 15) is 4.79 Å². The van der Waals surface area contributed by atoms with Crippen LogP contribution in [0.15, 0.2) is 23.6 Å². The van der Waals surface area contributed by atoms with Crippen LogP contribution in [0.2, 0.25) is 0 Å². The topological polar surface area (TPSA) is 66.9 Å². The van der Waals surface area contributed by atoms with Gasteiger partial charge in [0.15, 0.2) is 16.6 Å². The molecule has 148 valence electrons. The second-order valence-corrected chi connectivity index (χ2v) is 8.10. The predicted octanol–water partition coefficient (Wildman–Crippen LogP) is 1.94. The molecule has 1 saturated heterocycles.